The van der Waals surface area contributed by atoms with Crippen LogP contribution in [0.2, 0.25) is 25.7 Å². The van der Waals surface area contributed by atoms with Crippen molar-refractivity contribution in [3.05, 3.63) is 0 Å². The predicted molar refractivity (Wildman–Crippen MR) is 90.8 cm³/mol. The Morgan fingerprint density at radius 1 is 1.35 bits per heavy atom. The molecule has 0 aromatic carbocycles. The third-order valence-electron chi connectivity index (χ3n) is 3.48. The minimum Gasteiger partial charge on any atom is -0.450 e. The molecule has 1 saturated heterocycles. The van der Waals surface area contributed by atoms with Crippen LogP contribution in [0.3, 0.4) is 0 Å². The second-order valence-corrected chi connectivity index (χ2v) is 15.0. The Kier molecular flexibility index (Phi) is 6.65. The van der Waals surface area contributed by atoms with Crippen LogP contribution in [0.5, 0.6) is 0 Å². The van der Waals surface area contributed by atoms with Crippen LogP contribution in [0.25, 0.3) is 0 Å². The molecule has 1 aliphatic rings. The first-order valence-corrected chi connectivity index (χ1v) is 13.3. The Bertz CT molecular complexity index is 514. The highest BCUT2D eigenvalue weighted by Gasteiger charge is 2.39. The normalized spacial score (nSPS) is 25.0. The first-order chi connectivity index (χ1) is 10.3. The molecule has 2 atom stereocenters. The van der Waals surface area contributed by atoms with Gasteiger partial charge in [-0.05, 0) is 19.9 Å². The molecule has 1 heterocycles. The van der Waals surface area contributed by atoms with Gasteiger partial charge in [0.1, 0.15) is 6.10 Å². The monoisotopic (exact) mass is 367 g/mol. The van der Waals surface area contributed by atoms with Gasteiger partial charge in [0.2, 0.25) is 0 Å². The summed E-state index contributed by atoms with van der Waals surface area (Å²) in [5, 5.41) is 2.66. The van der Waals surface area contributed by atoms with Crippen molar-refractivity contribution in [3.8, 4) is 0 Å². The molecule has 1 fully saturated rings. The van der Waals surface area contributed by atoms with E-state index in [1.54, 1.807) is 0 Å². The first-order valence-electron chi connectivity index (χ1n) is 7.73. The number of hydrogen-bond donors (Lipinski definition) is 1. The van der Waals surface area contributed by atoms with Crippen LogP contribution in [-0.4, -0.2) is 59.8 Å². The zero-order chi connectivity index (χ0) is 17.9. The highest BCUT2D eigenvalue weighted by Crippen LogP contribution is 2.27. The molecule has 0 aliphatic carbocycles. The van der Waals surface area contributed by atoms with Gasteiger partial charge in [-0.15, -0.1) is 0 Å². The number of alkyl carbamates (subject to hydrolysis) is 1. The lowest BCUT2D eigenvalue weighted by atomic mass is 9.93. The molecule has 0 spiro atoms. The number of carbonyl (C=O) groups is 1. The van der Waals surface area contributed by atoms with Crippen LogP contribution in [-0.2, 0) is 23.8 Å². The van der Waals surface area contributed by atoms with Crippen LogP contribution in [0.1, 0.15) is 20.3 Å². The van der Waals surface area contributed by atoms with E-state index < -0.39 is 42.0 Å². The Hall–Kier alpha value is -0.643. The van der Waals surface area contributed by atoms with E-state index in [0.29, 0.717) is 13.0 Å². The molecule has 23 heavy (non-hydrogen) atoms. The summed E-state index contributed by atoms with van der Waals surface area (Å²) in [7, 11) is -4.90. The zero-order valence-corrected chi connectivity index (χ0v) is 16.7. The minimum atomic E-state index is -3.62. The van der Waals surface area contributed by atoms with E-state index in [0.717, 1.165) is 12.3 Å². The summed E-state index contributed by atoms with van der Waals surface area (Å²) in [5.74, 6) is 0. The number of amides is 1. The van der Waals surface area contributed by atoms with Gasteiger partial charge in [0.25, 0.3) is 10.1 Å². The number of carbonyl (C=O) groups excluding carboxylic acids is 1. The average Bonchev–Trinajstić information content (AvgIpc) is 2.28. The second-order valence-electron chi connectivity index (χ2n) is 7.81. The minimum absolute atomic E-state index is 0.177. The lowest BCUT2D eigenvalue weighted by molar-refractivity contribution is -0.104. The molecule has 1 aliphatic heterocycles. The van der Waals surface area contributed by atoms with Crippen LogP contribution in [0.15, 0.2) is 0 Å². The topological polar surface area (TPSA) is 90.9 Å². The molecular formula is C14H29NO6SSi. The fraction of sp³-hybridized carbons (Fsp3) is 0.929. The third-order valence-corrected chi connectivity index (χ3v) is 5.78. The molecule has 0 unspecified atom stereocenters. The third kappa shape index (κ3) is 8.68. The second kappa shape index (κ2) is 7.50. The van der Waals surface area contributed by atoms with Gasteiger partial charge >= 0.3 is 6.09 Å². The maximum atomic E-state index is 11.9. The fourth-order valence-electron chi connectivity index (χ4n) is 2.21. The largest absolute Gasteiger partial charge is 0.450 e. The SMILES string of the molecule is CC1(C)C[C@@H](OS(C)(=O)=O)[C@H](NC(=O)OCC[Si](C)(C)C)CO1. The highest BCUT2D eigenvalue weighted by atomic mass is 32.2. The van der Waals surface area contributed by atoms with Gasteiger partial charge in [-0.1, -0.05) is 19.6 Å². The molecule has 0 aromatic heterocycles. The van der Waals surface area contributed by atoms with Gasteiger partial charge in [-0.2, -0.15) is 8.42 Å². The van der Waals surface area contributed by atoms with E-state index in [-0.39, 0.29) is 6.61 Å². The van der Waals surface area contributed by atoms with Crippen molar-refractivity contribution >= 4 is 24.3 Å². The van der Waals surface area contributed by atoms with Gasteiger partial charge in [-0.25, -0.2) is 4.79 Å². The van der Waals surface area contributed by atoms with E-state index in [4.69, 9.17) is 13.7 Å². The molecule has 1 N–H and O–H groups in total. The van der Waals surface area contributed by atoms with E-state index in [2.05, 4.69) is 25.0 Å². The molecule has 1 amide bonds. The van der Waals surface area contributed by atoms with Crippen LogP contribution in [0, 0.1) is 0 Å². The number of nitrogens with one attached hydrogen (secondary N) is 1. The number of ether oxygens (including phenoxy) is 2. The molecule has 7 nitrogen and oxygen atoms in total. The van der Waals surface area contributed by atoms with Crippen molar-refractivity contribution in [3.63, 3.8) is 0 Å². The van der Waals surface area contributed by atoms with Crippen LogP contribution < -0.4 is 5.32 Å². The van der Waals surface area contributed by atoms with Gasteiger partial charge in [0.05, 0.1) is 31.1 Å². The Morgan fingerprint density at radius 3 is 2.48 bits per heavy atom. The summed E-state index contributed by atoms with van der Waals surface area (Å²) >= 11 is 0. The van der Waals surface area contributed by atoms with Gasteiger partial charge in [0, 0.05) is 14.5 Å². The summed E-state index contributed by atoms with van der Waals surface area (Å²) < 4.78 is 38.8. The lowest BCUT2D eigenvalue weighted by Crippen LogP contribution is -2.55. The van der Waals surface area contributed by atoms with E-state index in [9.17, 15) is 13.2 Å². The van der Waals surface area contributed by atoms with Crippen LogP contribution in [0.4, 0.5) is 4.79 Å². The predicted octanol–water partition coefficient (Wildman–Crippen LogP) is 1.96. The Labute approximate surface area is 140 Å². The molecule has 136 valence electrons. The maximum Gasteiger partial charge on any atom is 0.407 e. The smallest absolute Gasteiger partial charge is 0.407 e. The van der Waals surface area contributed by atoms with Crippen molar-refractivity contribution in [2.45, 2.75) is 63.7 Å². The number of rotatable bonds is 6. The highest BCUT2D eigenvalue weighted by molar-refractivity contribution is 7.86. The van der Waals surface area contributed by atoms with Crippen molar-refractivity contribution < 1.29 is 26.9 Å². The fourth-order valence-corrected chi connectivity index (χ4v) is 3.58. The summed E-state index contributed by atoms with van der Waals surface area (Å²) in [5.41, 5.74) is -0.505. The number of hydrogen-bond acceptors (Lipinski definition) is 6. The molecule has 0 bridgehead atoms. The average molecular weight is 368 g/mol. The van der Waals surface area contributed by atoms with Crippen molar-refractivity contribution in [2.24, 2.45) is 0 Å². The van der Waals surface area contributed by atoms with Crippen LogP contribution >= 0.6 is 0 Å². The van der Waals surface area contributed by atoms with E-state index in [1.165, 1.54) is 0 Å². The molecule has 0 saturated carbocycles. The molecule has 0 aromatic rings. The van der Waals surface area contributed by atoms with Gasteiger partial charge in [-0.3, -0.25) is 4.18 Å². The molecule has 9 heteroatoms. The lowest BCUT2D eigenvalue weighted by Gasteiger charge is -2.39. The van der Waals surface area contributed by atoms with Gasteiger partial charge in [0.15, 0.2) is 0 Å². The van der Waals surface area contributed by atoms with Crippen molar-refractivity contribution in [1.82, 2.24) is 5.32 Å². The Balaban J connectivity index is 2.59. The van der Waals surface area contributed by atoms with Crippen molar-refractivity contribution in [1.29, 1.82) is 0 Å². The zero-order valence-electron chi connectivity index (χ0n) is 14.8. The summed E-state index contributed by atoms with van der Waals surface area (Å²) in [6, 6.07) is 0.315. The van der Waals surface area contributed by atoms with Crippen molar-refractivity contribution in [2.75, 3.05) is 19.5 Å². The summed E-state index contributed by atoms with van der Waals surface area (Å²) in [6.07, 6.45) is 0.121. The van der Waals surface area contributed by atoms with E-state index in [1.807, 2.05) is 13.8 Å². The maximum absolute atomic E-state index is 11.9. The molecule has 1 rings (SSSR count). The quantitative estimate of drug-likeness (QED) is 0.570. The Morgan fingerprint density at radius 2 is 1.96 bits per heavy atom. The molecule has 0 radical (unpaired) electrons. The summed E-state index contributed by atoms with van der Waals surface area (Å²) in [4.78, 5) is 11.9. The first kappa shape index (κ1) is 20.4. The molecular weight excluding hydrogens is 338 g/mol. The summed E-state index contributed by atoms with van der Waals surface area (Å²) in [6.45, 7) is 10.8. The van der Waals surface area contributed by atoms with Gasteiger partial charge < -0.3 is 14.8 Å². The standard InChI is InChI=1S/C14H29NO6SSi/c1-14(2)9-12(21-22(3,17)18)11(10-20-14)15-13(16)19-7-8-23(4,5)6/h11-12H,7-10H2,1-6H3,(H,15,16)/t11-,12-/m1/s1. The van der Waals surface area contributed by atoms with E-state index >= 15 is 0 Å².